The second-order valence-corrected chi connectivity index (χ2v) is 5.24. The summed E-state index contributed by atoms with van der Waals surface area (Å²) in [4.78, 5) is 4.54. The lowest BCUT2D eigenvalue weighted by Crippen LogP contribution is -2.19. The Bertz CT molecular complexity index is 544. The maximum absolute atomic E-state index is 4.54. The van der Waals surface area contributed by atoms with Crippen LogP contribution in [0.1, 0.15) is 37.1 Å². The molecule has 0 aliphatic carbocycles. The minimum atomic E-state index is 0.593. The Hall–Kier alpha value is -1.77. The second-order valence-electron chi connectivity index (χ2n) is 5.24. The summed E-state index contributed by atoms with van der Waals surface area (Å²) < 4.78 is 2.30. The highest BCUT2D eigenvalue weighted by molar-refractivity contribution is 5.54. The van der Waals surface area contributed by atoms with E-state index >= 15 is 0 Å². The van der Waals surface area contributed by atoms with E-state index in [1.165, 1.54) is 23.5 Å². The molecule has 0 amide bonds. The van der Waals surface area contributed by atoms with Crippen molar-refractivity contribution in [3.05, 3.63) is 48.0 Å². The third-order valence-corrected chi connectivity index (χ3v) is 3.90. The number of fused-ring (bicyclic) bond motifs is 1. The fraction of sp³-hybridized carbons (Fsp3) is 0.438. The van der Waals surface area contributed by atoms with Crippen molar-refractivity contribution in [1.29, 1.82) is 0 Å². The Labute approximate surface area is 114 Å². The van der Waals surface area contributed by atoms with Crippen molar-refractivity contribution >= 4 is 5.69 Å². The Balaban J connectivity index is 1.82. The molecule has 1 atom stereocenters. The van der Waals surface area contributed by atoms with Crippen molar-refractivity contribution in [1.82, 2.24) is 9.55 Å². The van der Waals surface area contributed by atoms with Crippen LogP contribution in [0, 0.1) is 0 Å². The number of hydrogen-bond acceptors (Lipinski definition) is 2. The summed E-state index contributed by atoms with van der Waals surface area (Å²) in [6.45, 7) is 4.35. The minimum Gasteiger partial charge on any atom is -0.385 e. The third kappa shape index (κ3) is 2.50. The van der Waals surface area contributed by atoms with Crippen LogP contribution in [-0.2, 0) is 13.0 Å². The lowest BCUT2D eigenvalue weighted by atomic mass is 9.88. The first-order valence-electron chi connectivity index (χ1n) is 7.21. The predicted molar refractivity (Wildman–Crippen MR) is 78.5 cm³/mol. The fourth-order valence-electron chi connectivity index (χ4n) is 2.96. The quantitative estimate of drug-likeness (QED) is 0.907. The van der Waals surface area contributed by atoms with Gasteiger partial charge in [-0.3, -0.25) is 0 Å². The van der Waals surface area contributed by atoms with Gasteiger partial charge in [-0.05, 0) is 30.4 Å². The van der Waals surface area contributed by atoms with Gasteiger partial charge in [0.2, 0.25) is 0 Å². The van der Waals surface area contributed by atoms with Crippen molar-refractivity contribution in [2.75, 3.05) is 11.9 Å². The number of hydrogen-bond donors (Lipinski definition) is 1. The van der Waals surface area contributed by atoms with Gasteiger partial charge < -0.3 is 9.88 Å². The van der Waals surface area contributed by atoms with E-state index in [1.54, 1.807) is 0 Å². The van der Waals surface area contributed by atoms with Crippen LogP contribution >= 0.6 is 0 Å². The molecule has 1 aromatic carbocycles. The molecule has 2 aromatic rings. The van der Waals surface area contributed by atoms with Gasteiger partial charge in [0.1, 0.15) is 5.82 Å². The van der Waals surface area contributed by atoms with Crippen LogP contribution in [0.25, 0.3) is 0 Å². The molecule has 100 valence electrons. The molecular weight excluding hydrogens is 234 g/mol. The van der Waals surface area contributed by atoms with E-state index in [1.807, 2.05) is 6.20 Å². The van der Waals surface area contributed by atoms with Crippen LogP contribution in [0.4, 0.5) is 5.69 Å². The van der Waals surface area contributed by atoms with E-state index in [0.717, 1.165) is 25.9 Å². The van der Waals surface area contributed by atoms with Crippen molar-refractivity contribution in [2.45, 2.75) is 38.6 Å². The van der Waals surface area contributed by atoms with Crippen LogP contribution in [-0.4, -0.2) is 16.1 Å². The Morgan fingerprint density at radius 3 is 3.16 bits per heavy atom. The van der Waals surface area contributed by atoms with Gasteiger partial charge in [-0.25, -0.2) is 4.98 Å². The van der Waals surface area contributed by atoms with Gasteiger partial charge >= 0.3 is 0 Å². The van der Waals surface area contributed by atoms with E-state index in [4.69, 9.17) is 0 Å². The number of anilines is 1. The van der Waals surface area contributed by atoms with Gasteiger partial charge in [0.25, 0.3) is 0 Å². The van der Waals surface area contributed by atoms with Crippen LogP contribution < -0.4 is 5.32 Å². The third-order valence-electron chi connectivity index (χ3n) is 3.90. The summed E-state index contributed by atoms with van der Waals surface area (Å²) in [7, 11) is 0. The normalized spacial score (nSPS) is 17.8. The van der Waals surface area contributed by atoms with Gasteiger partial charge in [0.05, 0.1) is 0 Å². The molecule has 1 aliphatic rings. The first-order chi connectivity index (χ1) is 9.38. The molecule has 19 heavy (non-hydrogen) atoms. The Morgan fingerprint density at radius 1 is 1.37 bits per heavy atom. The monoisotopic (exact) mass is 255 g/mol. The molecule has 3 rings (SSSR count). The van der Waals surface area contributed by atoms with E-state index < -0.39 is 0 Å². The number of para-hydroxylation sites is 1. The first-order valence-corrected chi connectivity index (χ1v) is 7.21. The largest absolute Gasteiger partial charge is 0.385 e. The zero-order valence-corrected chi connectivity index (χ0v) is 11.5. The van der Waals surface area contributed by atoms with E-state index in [0.29, 0.717) is 5.92 Å². The summed E-state index contributed by atoms with van der Waals surface area (Å²) in [6.07, 6.45) is 7.43. The highest BCUT2D eigenvalue weighted by atomic mass is 15.1. The van der Waals surface area contributed by atoms with Gasteiger partial charge in [-0.1, -0.05) is 25.1 Å². The molecule has 0 saturated heterocycles. The molecule has 1 aromatic heterocycles. The van der Waals surface area contributed by atoms with Crippen LogP contribution in [0.3, 0.4) is 0 Å². The number of imidazole rings is 1. The number of nitrogens with one attached hydrogen (secondary N) is 1. The average Bonchev–Trinajstić information content (AvgIpc) is 2.87. The minimum absolute atomic E-state index is 0.593. The average molecular weight is 255 g/mol. The second kappa shape index (κ2) is 5.47. The number of aryl methyl sites for hydroxylation is 1. The summed E-state index contributed by atoms with van der Waals surface area (Å²) in [5.41, 5.74) is 2.74. The predicted octanol–water partition coefficient (Wildman–Crippen LogP) is 3.44. The van der Waals surface area contributed by atoms with Gasteiger partial charge in [-0.2, -0.15) is 0 Å². The fourth-order valence-corrected chi connectivity index (χ4v) is 2.96. The molecule has 0 saturated carbocycles. The molecule has 3 heteroatoms. The van der Waals surface area contributed by atoms with E-state index in [-0.39, 0.29) is 0 Å². The molecule has 3 nitrogen and oxygen atoms in total. The topological polar surface area (TPSA) is 29.9 Å². The molecule has 0 spiro atoms. The van der Waals surface area contributed by atoms with Crippen molar-refractivity contribution < 1.29 is 0 Å². The number of aromatic nitrogens is 2. The van der Waals surface area contributed by atoms with Crippen LogP contribution in [0.15, 0.2) is 36.7 Å². The summed E-state index contributed by atoms with van der Waals surface area (Å²) in [5.74, 6) is 1.82. The molecule has 2 heterocycles. The van der Waals surface area contributed by atoms with Crippen LogP contribution in [0.5, 0.6) is 0 Å². The molecule has 0 bridgehead atoms. The molecular formula is C16H21N3. The standard InChI is InChI=1S/C16H21N3/c1-2-10-19-11-9-18-16(19)12-13-7-8-17-15-6-4-3-5-14(13)15/h3-6,9,11,13,17H,2,7-8,10,12H2,1H3. The first kappa shape index (κ1) is 12.3. The van der Waals surface area contributed by atoms with E-state index in [2.05, 4.69) is 52.3 Å². The number of nitrogens with zero attached hydrogens (tertiary/aromatic N) is 2. The number of rotatable bonds is 4. The summed E-state index contributed by atoms with van der Waals surface area (Å²) in [6, 6.07) is 8.67. The highest BCUT2D eigenvalue weighted by Gasteiger charge is 2.21. The van der Waals surface area contributed by atoms with Crippen LogP contribution in [0.2, 0.25) is 0 Å². The molecule has 1 N–H and O–H groups in total. The zero-order valence-electron chi connectivity index (χ0n) is 11.5. The lowest BCUT2D eigenvalue weighted by Gasteiger charge is -2.26. The molecule has 0 fully saturated rings. The van der Waals surface area contributed by atoms with Crippen molar-refractivity contribution in [3.8, 4) is 0 Å². The summed E-state index contributed by atoms with van der Waals surface area (Å²) in [5, 5.41) is 3.48. The molecule has 1 unspecified atom stereocenters. The van der Waals surface area contributed by atoms with Crippen molar-refractivity contribution in [3.63, 3.8) is 0 Å². The molecule has 1 aliphatic heterocycles. The van der Waals surface area contributed by atoms with Crippen molar-refractivity contribution in [2.24, 2.45) is 0 Å². The SMILES string of the molecule is CCCn1ccnc1CC1CCNc2ccccc21. The Kier molecular flexibility index (Phi) is 3.53. The zero-order chi connectivity index (χ0) is 13.1. The van der Waals surface area contributed by atoms with Gasteiger partial charge in [-0.15, -0.1) is 0 Å². The maximum atomic E-state index is 4.54. The number of benzene rings is 1. The van der Waals surface area contributed by atoms with E-state index in [9.17, 15) is 0 Å². The highest BCUT2D eigenvalue weighted by Crippen LogP contribution is 2.33. The Morgan fingerprint density at radius 2 is 2.26 bits per heavy atom. The maximum Gasteiger partial charge on any atom is 0.109 e. The van der Waals surface area contributed by atoms with Gasteiger partial charge in [0.15, 0.2) is 0 Å². The molecule has 0 radical (unpaired) electrons. The lowest BCUT2D eigenvalue weighted by molar-refractivity contribution is 0.564. The van der Waals surface area contributed by atoms with Gasteiger partial charge in [0, 0.05) is 37.6 Å². The smallest absolute Gasteiger partial charge is 0.109 e. The summed E-state index contributed by atoms with van der Waals surface area (Å²) >= 11 is 0.